The van der Waals surface area contributed by atoms with E-state index in [4.69, 9.17) is 10.2 Å². The van der Waals surface area contributed by atoms with Gasteiger partial charge in [-0.15, -0.1) is 0 Å². The molecule has 1 atom stereocenters. The first-order valence-electron chi connectivity index (χ1n) is 6.08. The Morgan fingerprint density at radius 1 is 1.17 bits per heavy atom. The summed E-state index contributed by atoms with van der Waals surface area (Å²) in [6.45, 7) is 5.87. The molecule has 1 heterocycles. The second kappa shape index (κ2) is 4.86. The molecule has 96 valence electrons. The van der Waals surface area contributed by atoms with Crippen LogP contribution in [0.1, 0.15) is 34.3 Å². The van der Waals surface area contributed by atoms with Gasteiger partial charge < -0.3 is 15.3 Å². The zero-order valence-electron chi connectivity index (χ0n) is 11.0. The Morgan fingerprint density at radius 3 is 2.50 bits per heavy atom. The number of anilines is 1. The molecule has 0 aliphatic rings. The zero-order chi connectivity index (χ0) is 13.3. The van der Waals surface area contributed by atoms with Crippen molar-refractivity contribution in [1.82, 2.24) is 0 Å². The van der Waals surface area contributed by atoms with Crippen molar-refractivity contribution >= 4 is 5.69 Å². The molecule has 3 nitrogen and oxygen atoms in total. The van der Waals surface area contributed by atoms with E-state index in [1.165, 1.54) is 0 Å². The zero-order valence-corrected chi connectivity index (χ0v) is 11.0. The maximum Gasteiger partial charge on any atom is 0.107 e. The second-order valence-electron chi connectivity index (χ2n) is 4.74. The normalized spacial score (nSPS) is 12.7. The summed E-state index contributed by atoms with van der Waals surface area (Å²) < 4.78 is 5.47. The summed E-state index contributed by atoms with van der Waals surface area (Å²) in [5, 5.41) is 10.2. The van der Waals surface area contributed by atoms with Gasteiger partial charge in [-0.25, -0.2) is 0 Å². The van der Waals surface area contributed by atoms with Crippen molar-refractivity contribution < 1.29 is 9.52 Å². The lowest BCUT2D eigenvalue weighted by Crippen LogP contribution is -2.07. The molecule has 1 aromatic heterocycles. The summed E-state index contributed by atoms with van der Waals surface area (Å²) in [6, 6.07) is 7.65. The minimum atomic E-state index is -0.630. The average molecular weight is 245 g/mol. The first-order valence-corrected chi connectivity index (χ1v) is 6.08. The summed E-state index contributed by atoms with van der Waals surface area (Å²) in [5.41, 5.74) is 9.66. The first kappa shape index (κ1) is 12.7. The van der Waals surface area contributed by atoms with Crippen LogP contribution in [0.4, 0.5) is 5.69 Å². The van der Waals surface area contributed by atoms with Gasteiger partial charge in [-0.1, -0.05) is 12.1 Å². The molecule has 0 saturated carbocycles. The molecule has 0 radical (unpaired) electrons. The SMILES string of the molecule is Cc1ccc(CC(O)c2ccc(C)c(C)c2N)o1. The van der Waals surface area contributed by atoms with Gasteiger partial charge >= 0.3 is 0 Å². The van der Waals surface area contributed by atoms with E-state index in [1.807, 2.05) is 45.0 Å². The van der Waals surface area contributed by atoms with E-state index in [0.717, 1.165) is 28.2 Å². The molecular weight excluding hydrogens is 226 g/mol. The van der Waals surface area contributed by atoms with Crippen molar-refractivity contribution in [2.24, 2.45) is 0 Å². The second-order valence-corrected chi connectivity index (χ2v) is 4.74. The highest BCUT2D eigenvalue weighted by Gasteiger charge is 2.15. The molecule has 2 aromatic rings. The third-order valence-electron chi connectivity index (χ3n) is 3.37. The Kier molecular flexibility index (Phi) is 3.43. The smallest absolute Gasteiger partial charge is 0.107 e. The van der Waals surface area contributed by atoms with Crippen LogP contribution in [0.5, 0.6) is 0 Å². The molecule has 3 heteroatoms. The van der Waals surface area contributed by atoms with E-state index in [1.54, 1.807) is 0 Å². The van der Waals surface area contributed by atoms with E-state index >= 15 is 0 Å². The number of hydrogen-bond donors (Lipinski definition) is 2. The monoisotopic (exact) mass is 245 g/mol. The number of aliphatic hydroxyl groups is 1. The number of hydrogen-bond acceptors (Lipinski definition) is 3. The molecule has 2 rings (SSSR count). The van der Waals surface area contributed by atoms with E-state index < -0.39 is 6.10 Å². The molecule has 1 aromatic carbocycles. The van der Waals surface area contributed by atoms with Gasteiger partial charge in [-0.05, 0) is 44.0 Å². The van der Waals surface area contributed by atoms with Gasteiger partial charge in [-0.3, -0.25) is 0 Å². The molecule has 0 aliphatic heterocycles. The van der Waals surface area contributed by atoms with Crippen molar-refractivity contribution in [1.29, 1.82) is 0 Å². The topological polar surface area (TPSA) is 59.4 Å². The lowest BCUT2D eigenvalue weighted by molar-refractivity contribution is 0.171. The molecule has 18 heavy (non-hydrogen) atoms. The fourth-order valence-electron chi connectivity index (χ4n) is 2.04. The van der Waals surface area contributed by atoms with Crippen LogP contribution in [0.25, 0.3) is 0 Å². The van der Waals surface area contributed by atoms with Crippen LogP contribution in [-0.4, -0.2) is 5.11 Å². The van der Waals surface area contributed by atoms with Crippen LogP contribution in [-0.2, 0) is 6.42 Å². The van der Waals surface area contributed by atoms with Gasteiger partial charge in [0.2, 0.25) is 0 Å². The minimum absolute atomic E-state index is 0.445. The standard InChI is InChI=1S/C15H19NO2/c1-9-4-7-13(15(16)11(9)3)14(17)8-12-6-5-10(2)18-12/h4-7,14,17H,8,16H2,1-3H3. The Bertz CT molecular complexity index is 558. The Labute approximate surface area is 107 Å². The molecule has 0 aliphatic carbocycles. The molecular formula is C15H19NO2. The number of nitrogen functional groups attached to an aromatic ring is 1. The lowest BCUT2D eigenvalue weighted by Gasteiger charge is -2.15. The van der Waals surface area contributed by atoms with E-state index in [0.29, 0.717) is 12.1 Å². The molecule has 0 amide bonds. The average Bonchev–Trinajstić information content (AvgIpc) is 2.71. The molecule has 0 spiro atoms. The number of nitrogens with two attached hydrogens (primary N) is 1. The van der Waals surface area contributed by atoms with Crippen molar-refractivity contribution in [3.8, 4) is 0 Å². The molecule has 0 bridgehead atoms. The Balaban J connectivity index is 2.24. The van der Waals surface area contributed by atoms with Crippen molar-refractivity contribution in [2.75, 3.05) is 5.73 Å². The van der Waals surface area contributed by atoms with Crippen molar-refractivity contribution in [2.45, 2.75) is 33.3 Å². The number of furan rings is 1. The van der Waals surface area contributed by atoms with Gasteiger partial charge in [0, 0.05) is 17.7 Å². The van der Waals surface area contributed by atoms with Crippen LogP contribution in [0, 0.1) is 20.8 Å². The fraction of sp³-hybridized carbons (Fsp3) is 0.333. The minimum Gasteiger partial charge on any atom is -0.466 e. The van der Waals surface area contributed by atoms with Crippen LogP contribution in [0.3, 0.4) is 0 Å². The lowest BCUT2D eigenvalue weighted by atomic mass is 9.97. The Hall–Kier alpha value is -1.74. The van der Waals surface area contributed by atoms with E-state index in [-0.39, 0.29) is 0 Å². The highest BCUT2D eigenvalue weighted by molar-refractivity contribution is 5.57. The predicted molar refractivity (Wildman–Crippen MR) is 72.4 cm³/mol. The quantitative estimate of drug-likeness (QED) is 0.817. The van der Waals surface area contributed by atoms with Gasteiger partial charge in [0.05, 0.1) is 6.10 Å². The highest BCUT2D eigenvalue weighted by Crippen LogP contribution is 2.28. The molecule has 1 unspecified atom stereocenters. The third-order valence-corrected chi connectivity index (χ3v) is 3.37. The van der Waals surface area contributed by atoms with Crippen molar-refractivity contribution in [3.05, 3.63) is 52.5 Å². The summed E-state index contributed by atoms with van der Waals surface area (Å²) in [4.78, 5) is 0. The molecule has 0 fully saturated rings. The number of benzene rings is 1. The molecule has 3 N–H and O–H groups in total. The predicted octanol–water partition coefficient (Wildman–Crippen LogP) is 3.06. The summed E-state index contributed by atoms with van der Waals surface area (Å²) in [6.07, 6.45) is -0.185. The maximum atomic E-state index is 10.2. The maximum absolute atomic E-state index is 10.2. The van der Waals surface area contributed by atoms with Gasteiger partial charge in [-0.2, -0.15) is 0 Å². The number of rotatable bonds is 3. The first-order chi connectivity index (χ1) is 8.49. The van der Waals surface area contributed by atoms with E-state index in [9.17, 15) is 5.11 Å². The summed E-state index contributed by atoms with van der Waals surface area (Å²) in [5.74, 6) is 1.63. The largest absolute Gasteiger partial charge is 0.466 e. The number of aliphatic hydroxyl groups excluding tert-OH is 1. The van der Waals surface area contributed by atoms with Crippen LogP contribution in [0.2, 0.25) is 0 Å². The highest BCUT2D eigenvalue weighted by atomic mass is 16.3. The van der Waals surface area contributed by atoms with Gasteiger partial charge in [0.1, 0.15) is 11.5 Å². The van der Waals surface area contributed by atoms with Gasteiger partial charge in [0.15, 0.2) is 0 Å². The van der Waals surface area contributed by atoms with Crippen LogP contribution < -0.4 is 5.73 Å². The van der Waals surface area contributed by atoms with E-state index in [2.05, 4.69) is 0 Å². The van der Waals surface area contributed by atoms with Gasteiger partial charge in [0.25, 0.3) is 0 Å². The third kappa shape index (κ3) is 2.41. The van der Waals surface area contributed by atoms with Crippen LogP contribution in [0.15, 0.2) is 28.7 Å². The fourth-order valence-corrected chi connectivity index (χ4v) is 2.04. The number of aryl methyl sites for hydroxylation is 2. The van der Waals surface area contributed by atoms with Crippen molar-refractivity contribution in [3.63, 3.8) is 0 Å². The summed E-state index contributed by atoms with van der Waals surface area (Å²) in [7, 11) is 0. The van der Waals surface area contributed by atoms with Crippen LogP contribution >= 0.6 is 0 Å². The Morgan fingerprint density at radius 2 is 1.89 bits per heavy atom. The molecule has 0 saturated heterocycles. The summed E-state index contributed by atoms with van der Waals surface area (Å²) >= 11 is 0.